The van der Waals surface area contributed by atoms with Crippen molar-refractivity contribution in [2.75, 3.05) is 5.32 Å². The second-order valence-electron chi connectivity index (χ2n) is 7.14. The zero-order valence-electron chi connectivity index (χ0n) is 15.3. The number of aryl methyl sites for hydroxylation is 2. The van der Waals surface area contributed by atoms with Crippen molar-refractivity contribution in [3.8, 4) is 21.8 Å². The van der Waals surface area contributed by atoms with Gasteiger partial charge < -0.3 is 5.32 Å². The highest BCUT2D eigenvalue weighted by Crippen LogP contribution is 2.37. The van der Waals surface area contributed by atoms with Crippen LogP contribution in [0, 0.1) is 11.7 Å². The van der Waals surface area contributed by atoms with Crippen LogP contribution in [0.2, 0.25) is 0 Å². The summed E-state index contributed by atoms with van der Waals surface area (Å²) in [5.41, 5.74) is 4.15. The average molecular weight is 381 g/mol. The van der Waals surface area contributed by atoms with E-state index in [0.717, 1.165) is 27.4 Å². The van der Waals surface area contributed by atoms with Crippen LogP contribution in [0.1, 0.15) is 31.5 Å². The maximum absolute atomic E-state index is 13.6. The van der Waals surface area contributed by atoms with Crippen LogP contribution in [0.5, 0.6) is 0 Å². The van der Waals surface area contributed by atoms with E-state index in [1.165, 1.54) is 6.07 Å². The van der Waals surface area contributed by atoms with E-state index < -0.39 is 0 Å². The minimum atomic E-state index is -0.235. The number of halogens is 1. The van der Waals surface area contributed by atoms with Crippen molar-refractivity contribution in [1.82, 2.24) is 9.97 Å². The van der Waals surface area contributed by atoms with E-state index in [1.807, 2.05) is 31.4 Å². The highest BCUT2D eigenvalue weighted by atomic mass is 32.1. The Hall–Kier alpha value is -2.60. The van der Waals surface area contributed by atoms with Crippen LogP contribution in [0.4, 0.5) is 10.2 Å². The lowest BCUT2D eigenvalue weighted by atomic mass is 9.91. The first-order valence-corrected chi connectivity index (χ1v) is 9.92. The Morgan fingerprint density at radius 1 is 1.22 bits per heavy atom. The molecule has 1 amide bonds. The normalized spacial score (nSPS) is 12.6. The van der Waals surface area contributed by atoms with Gasteiger partial charge in [0.25, 0.3) is 0 Å². The summed E-state index contributed by atoms with van der Waals surface area (Å²) < 4.78 is 13.6. The largest absolute Gasteiger partial charge is 0.309 e. The lowest BCUT2D eigenvalue weighted by Gasteiger charge is -2.21. The molecule has 4 rings (SSSR count). The fourth-order valence-corrected chi connectivity index (χ4v) is 4.05. The SMILES string of the molecule is CC(C)CC(=O)Nc1nc2c(nc1-c1cccs1)-c1ccc(F)cc1CC2. The molecule has 1 N–H and O–H groups in total. The Morgan fingerprint density at radius 2 is 2.07 bits per heavy atom. The Balaban J connectivity index is 1.82. The molecule has 0 spiro atoms. The zero-order valence-corrected chi connectivity index (χ0v) is 16.1. The number of nitrogens with one attached hydrogen (secondary N) is 1. The summed E-state index contributed by atoms with van der Waals surface area (Å²) in [4.78, 5) is 22.9. The molecule has 0 aliphatic heterocycles. The molecule has 2 heterocycles. The van der Waals surface area contributed by atoms with Crippen molar-refractivity contribution < 1.29 is 9.18 Å². The number of rotatable bonds is 4. The van der Waals surface area contributed by atoms with E-state index in [-0.39, 0.29) is 17.6 Å². The van der Waals surface area contributed by atoms with E-state index in [4.69, 9.17) is 9.97 Å². The number of fused-ring (bicyclic) bond motifs is 3. The predicted octanol–water partition coefficient (Wildman–Crippen LogP) is 5.09. The zero-order chi connectivity index (χ0) is 19.0. The molecule has 0 fully saturated rings. The van der Waals surface area contributed by atoms with Gasteiger partial charge in [0.15, 0.2) is 5.82 Å². The topological polar surface area (TPSA) is 54.9 Å². The number of carbonyl (C=O) groups excluding carboxylic acids is 1. The quantitative estimate of drug-likeness (QED) is 0.684. The highest BCUT2D eigenvalue weighted by Gasteiger charge is 2.23. The summed E-state index contributed by atoms with van der Waals surface area (Å²) >= 11 is 1.55. The number of thiophene rings is 1. The van der Waals surface area contributed by atoms with Crippen LogP contribution in [0.3, 0.4) is 0 Å². The molecule has 1 aromatic carbocycles. The molecule has 1 aliphatic carbocycles. The number of anilines is 1. The van der Waals surface area contributed by atoms with Gasteiger partial charge in [-0.2, -0.15) is 0 Å². The molecule has 4 nitrogen and oxygen atoms in total. The summed E-state index contributed by atoms with van der Waals surface area (Å²) in [5, 5.41) is 4.92. The van der Waals surface area contributed by atoms with Crippen molar-refractivity contribution in [1.29, 1.82) is 0 Å². The number of nitrogens with zero attached hydrogens (tertiary/aromatic N) is 2. The molecule has 0 saturated heterocycles. The van der Waals surface area contributed by atoms with Gasteiger partial charge in [-0.25, -0.2) is 14.4 Å². The van der Waals surface area contributed by atoms with E-state index in [9.17, 15) is 9.18 Å². The molecule has 0 unspecified atom stereocenters. The summed E-state index contributed by atoms with van der Waals surface area (Å²) in [6.45, 7) is 4.02. The van der Waals surface area contributed by atoms with Crippen LogP contribution in [-0.2, 0) is 17.6 Å². The standard InChI is InChI=1S/C21H20FN3OS/c1-12(2)10-18(26)24-21-20(17-4-3-9-27-17)25-19-15-7-6-14(22)11-13(15)5-8-16(19)23-21/h3-4,6-7,9,11-12H,5,8,10H2,1-2H3,(H,23,24,26). The maximum Gasteiger partial charge on any atom is 0.225 e. The fourth-order valence-electron chi connectivity index (χ4n) is 3.34. The Bertz CT molecular complexity index is 999. The van der Waals surface area contributed by atoms with E-state index >= 15 is 0 Å². The molecule has 0 radical (unpaired) electrons. The minimum absolute atomic E-state index is 0.0599. The first-order valence-electron chi connectivity index (χ1n) is 9.04. The van der Waals surface area contributed by atoms with Crippen molar-refractivity contribution >= 4 is 23.1 Å². The Labute approximate surface area is 161 Å². The van der Waals surface area contributed by atoms with E-state index in [2.05, 4.69) is 5.32 Å². The van der Waals surface area contributed by atoms with Gasteiger partial charge in [0.1, 0.15) is 11.5 Å². The van der Waals surface area contributed by atoms with Gasteiger partial charge in [0.05, 0.1) is 16.3 Å². The molecule has 1 aliphatic rings. The number of aromatic nitrogens is 2. The first kappa shape index (κ1) is 17.8. The molecule has 138 valence electrons. The molecule has 0 bridgehead atoms. The van der Waals surface area contributed by atoms with Crippen molar-refractivity contribution in [2.24, 2.45) is 5.92 Å². The monoisotopic (exact) mass is 381 g/mol. The van der Waals surface area contributed by atoms with Gasteiger partial charge in [-0.1, -0.05) is 19.9 Å². The fraction of sp³-hybridized carbons (Fsp3) is 0.286. The van der Waals surface area contributed by atoms with Crippen molar-refractivity contribution in [3.63, 3.8) is 0 Å². The Morgan fingerprint density at radius 3 is 2.81 bits per heavy atom. The van der Waals surface area contributed by atoms with Crippen LogP contribution >= 0.6 is 11.3 Å². The maximum atomic E-state index is 13.6. The third-order valence-corrected chi connectivity index (χ3v) is 5.40. The van der Waals surface area contributed by atoms with Crippen LogP contribution < -0.4 is 5.32 Å². The highest BCUT2D eigenvalue weighted by molar-refractivity contribution is 7.13. The Kier molecular flexibility index (Phi) is 4.74. The molecule has 0 atom stereocenters. The number of amides is 1. The van der Waals surface area contributed by atoms with Crippen molar-refractivity contribution in [3.05, 3.63) is 52.8 Å². The number of carbonyl (C=O) groups is 1. The van der Waals surface area contributed by atoms with Gasteiger partial charge in [0.2, 0.25) is 5.91 Å². The van der Waals surface area contributed by atoms with Crippen LogP contribution in [0.15, 0.2) is 35.7 Å². The van der Waals surface area contributed by atoms with Crippen molar-refractivity contribution in [2.45, 2.75) is 33.1 Å². The summed E-state index contributed by atoms with van der Waals surface area (Å²) in [5.74, 6) is 0.478. The van der Waals surface area contributed by atoms with Gasteiger partial charge in [0, 0.05) is 12.0 Å². The molecule has 6 heteroatoms. The van der Waals surface area contributed by atoms with Gasteiger partial charge >= 0.3 is 0 Å². The van der Waals surface area contributed by atoms with Gasteiger partial charge in [-0.3, -0.25) is 4.79 Å². The van der Waals surface area contributed by atoms with E-state index in [1.54, 1.807) is 23.5 Å². The number of benzene rings is 1. The third kappa shape index (κ3) is 3.62. The first-order chi connectivity index (χ1) is 13.0. The molecular weight excluding hydrogens is 361 g/mol. The molecule has 27 heavy (non-hydrogen) atoms. The van der Waals surface area contributed by atoms with Gasteiger partial charge in [-0.05, 0) is 54.0 Å². The average Bonchev–Trinajstić information content (AvgIpc) is 3.14. The summed E-state index contributed by atoms with van der Waals surface area (Å²) in [7, 11) is 0. The third-order valence-electron chi connectivity index (χ3n) is 4.53. The van der Waals surface area contributed by atoms with Crippen LogP contribution in [0.25, 0.3) is 21.8 Å². The van der Waals surface area contributed by atoms with E-state index in [0.29, 0.717) is 30.8 Å². The molecule has 2 aromatic heterocycles. The lowest BCUT2D eigenvalue weighted by molar-refractivity contribution is -0.116. The molecule has 0 saturated carbocycles. The van der Waals surface area contributed by atoms with Crippen LogP contribution in [-0.4, -0.2) is 15.9 Å². The lowest BCUT2D eigenvalue weighted by Crippen LogP contribution is -2.18. The van der Waals surface area contributed by atoms with Gasteiger partial charge in [-0.15, -0.1) is 11.3 Å². The summed E-state index contributed by atoms with van der Waals surface area (Å²) in [6.07, 6.45) is 1.83. The predicted molar refractivity (Wildman–Crippen MR) is 106 cm³/mol. The molecule has 3 aromatic rings. The smallest absolute Gasteiger partial charge is 0.225 e. The number of hydrogen-bond donors (Lipinski definition) is 1. The second kappa shape index (κ2) is 7.19. The minimum Gasteiger partial charge on any atom is -0.309 e. The molecular formula is C21H20FN3OS. The number of hydrogen-bond acceptors (Lipinski definition) is 4. The second-order valence-corrected chi connectivity index (χ2v) is 8.09. The summed E-state index contributed by atoms with van der Waals surface area (Å²) in [6, 6.07) is 8.71.